The fourth-order valence-electron chi connectivity index (χ4n) is 2.94. The largest absolute Gasteiger partial charge is 0.371 e. The van der Waals surface area contributed by atoms with Gasteiger partial charge in [-0.1, -0.05) is 55.5 Å². The van der Waals surface area contributed by atoms with Gasteiger partial charge in [0.25, 0.3) is 0 Å². The van der Waals surface area contributed by atoms with Gasteiger partial charge in [-0.3, -0.25) is 9.79 Å². The Morgan fingerprint density at radius 1 is 1.05 bits per heavy atom. The Balaban J connectivity index is 1.94. The SMILES string of the molecule is CCC1=N[C@@](C)(c2ccccc2)C(=O)C1Nc1ccccc1. The molecule has 2 aromatic carbocycles. The molecule has 3 rings (SSSR count). The number of anilines is 1. The van der Waals surface area contributed by atoms with Crippen LogP contribution in [-0.4, -0.2) is 17.5 Å². The lowest BCUT2D eigenvalue weighted by Crippen LogP contribution is -2.39. The minimum absolute atomic E-state index is 0.111. The molecule has 2 atom stereocenters. The second-order valence-corrected chi connectivity index (χ2v) is 5.70. The fraction of sp³-hybridized carbons (Fsp3) is 0.263. The molecule has 1 aliphatic heterocycles. The first kappa shape index (κ1) is 14.5. The van der Waals surface area contributed by atoms with Crippen molar-refractivity contribution in [3.8, 4) is 0 Å². The molecule has 1 unspecified atom stereocenters. The third-order valence-electron chi connectivity index (χ3n) is 4.23. The van der Waals surface area contributed by atoms with Gasteiger partial charge in [-0.05, 0) is 31.0 Å². The van der Waals surface area contributed by atoms with E-state index in [-0.39, 0.29) is 11.8 Å². The topological polar surface area (TPSA) is 41.5 Å². The highest BCUT2D eigenvalue weighted by atomic mass is 16.1. The van der Waals surface area contributed by atoms with Gasteiger partial charge in [0.2, 0.25) is 0 Å². The summed E-state index contributed by atoms with van der Waals surface area (Å²) in [6, 6.07) is 19.3. The molecule has 0 saturated carbocycles. The lowest BCUT2D eigenvalue weighted by Gasteiger charge is -2.22. The lowest BCUT2D eigenvalue weighted by molar-refractivity contribution is -0.122. The maximum Gasteiger partial charge on any atom is 0.192 e. The summed E-state index contributed by atoms with van der Waals surface area (Å²) in [5.74, 6) is 0.111. The molecule has 0 bridgehead atoms. The first-order chi connectivity index (χ1) is 10.6. The predicted octanol–water partition coefficient (Wildman–Crippen LogP) is 3.82. The number of ketones is 1. The van der Waals surface area contributed by atoms with Gasteiger partial charge < -0.3 is 5.32 Å². The molecule has 3 nitrogen and oxygen atoms in total. The molecule has 1 aliphatic rings. The zero-order valence-electron chi connectivity index (χ0n) is 12.9. The number of nitrogens with zero attached hydrogens (tertiary/aromatic N) is 1. The lowest BCUT2D eigenvalue weighted by atomic mass is 9.87. The van der Waals surface area contributed by atoms with Crippen LogP contribution in [0.4, 0.5) is 5.69 Å². The number of hydrogen-bond donors (Lipinski definition) is 1. The number of nitrogens with one attached hydrogen (secondary N) is 1. The van der Waals surface area contributed by atoms with Crippen molar-refractivity contribution in [2.24, 2.45) is 4.99 Å². The van der Waals surface area contributed by atoms with Gasteiger partial charge in [0.05, 0.1) is 0 Å². The summed E-state index contributed by atoms with van der Waals surface area (Å²) < 4.78 is 0. The molecule has 1 heterocycles. The second-order valence-electron chi connectivity index (χ2n) is 5.70. The van der Waals surface area contributed by atoms with E-state index >= 15 is 0 Å². The Kier molecular flexibility index (Phi) is 3.80. The Labute approximate surface area is 131 Å². The van der Waals surface area contributed by atoms with E-state index in [2.05, 4.69) is 5.32 Å². The number of aliphatic imine (C=N–C) groups is 1. The molecule has 0 fully saturated rings. The van der Waals surface area contributed by atoms with Crippen LogP contribution in [0.5, 0.6) is 0 Å². The Morgan fingerprint density at radius 3 is 2.23 bits per heavy atom. The first-order valence-corrected chi connectivity index (χ1v) is 7.65. The third kappa shape index (κ3) is 2.43. The summed E-state index contributed by atoms with van der Waals surface area (Å²) in [5, 5.41) is 3.34. The monoisotopic (exact) mass is 292 g/mol. The van der Waals surface area contributed by atoms with E-state index in [1.807, 2.05) is 74.5 Å². The van der Waals surface area contributed by atoms with Gasteiger partial charge in [-0.25, -0.2) is 0 Å². The molecule has 0 spiro atoms. The summed E-state index contributed by atoms with van der Waals surface area (Å²) in [4.78, 5) is 17.8. The van der Waals surface area contributed by atoms with E-state index in [1.54, 1.807) is 0 Å². The van der Waals surface area contributed by atoms with E-state index in [1.165, 1.54) is 0 Å². The average Bonchev–Trinajstić information content (AvgIpc) is 2.82. The second kappa shape index (κ2) is 5.76. The Hall–Kier alpha value is -2.42. The summed E-state index contributed by atoms with van der Waals surface area (Å²) in [5.41, 5.74) is 2.02. The standard InChI is InChI=1S/C19H20N2O/c1-3-16-17(20-15-12-8-5-9-13-15)18(22)19(2,21-16)14-10-6-4-7-11-14/h4-13,17,20H,3H2,1-2H3/t17?,19-/m0/s1. The van der Waals surface area contributed by atoms with Crippen LogP contribution in [-0.2, 0) is 10.3 Å². The predicted molar refractivity (Wildman–Crippen MR) is 90.4 cm³/mol. The van der Waals surface area contributed by atoms with E-state index in [9.17, 15) is 4.79 Å². The molecule has 0 radical (unpaired) electrons. The van der Waals surface area contributed by atoms with Crippen molar-refractivity contribution < 1.29 is 4.79 Å². The van der Waals surface area contributed by atoms with E-state index in [0.29, 0.717) is 0 Å². The normalized spacial score (nSPS) is 24.2. The van der Waals surface area contributed by atoms with Crippen LogP contribution in [0, 0.1) is 0 Å². The zero-order chi connectivity index (χ0) is 15.6. The molecule has 0 saturated heterocycles. The van der Waals surface area contributed by atoms with Crippen molar-refractivity contribution in [2.75, 3.05) is 5.32 Å². The summed E-state index contributed by atoms with van der Waals surface area (Å²) in [6.07, 6.45) is 0.763. The van der Waals surface area contributed by atoms with E-state index in [0.717, 1.165) is 23.4 Å². The van der Waals surface area contributed by atoms with Crippen LogP contribution in [0.1, 0.15) is 25.8 Å². The number of hydrogen-bond acceptors (Lipinski definition) is 3. The van der Waals surface area contributed by atoms with Gasteiger partial charge in [-0.15, -0.1) is 0 Å². The number of para-hydroxylation sites is 1. The van der Waals surface area contributed by atoms with Gasteiger partial charge >= 0.3 is 0 Å². The van der Waals surface area contributed by atoms with Crippen LogP contribution in [0.3, 0.4) is 0 Å². The van der Waals surface area contributed by atoms with Crippen molar-refractivity contribution in [2.45, 2.75) is 31.8 Å². The molecule has 2 aromatic rings. The maximum atomic E-state index is 13.0. The number of carbonyl (C=O) groups excluding carboxylic acids is 1. The molecule has 112 valence electrons. The molecule has 0 amide bonds. The molecule has 0 aromatic heterocycles. The van der Waals surface area contributed by atoms with Crippen molar-refractivity contribution in [1.82, 2.24) is 0 Å². The van der Waals surface area contributed by atoms with Crippen LogP contribution in [0.2, 0.25) is 0 Å². The van der Waals surface area contributed by atoms with Gasteiger partial charge in [0.15, 0.2) is 5.78 Å². The van der Waals surface area contributed by atoms with Crippen LogP contribution in [0.25, 0.3) is 0 Å². The minimum atomic E-state index is -0.793. The van der Waals surface area contributed by atoms with E-state index in [4.69, 9.17) is 4.99 Å². The molecule has 22 heavy (non-hydrogen) atoms. The minimum Gasteiger partial charge on any atom is -0.371 e. The Bertz CT molecular complexity index is 694. The number of carbonyl (C=O) groups is 1. The van der Waals surface area contributed by atoms with Crippen LogP contribution in [0.15, 0.2) is 65.7 Å². The van der Waals surface area contributed by atoms with Gasteiger partial charge in [0.1, 0.15) is 11.6 Å². The van der Waals surface area contributed by atoms with Gasteiger partial charge in [-0.2, -0.15) is 0 Å². The smallest absolute Gasteiger partial charge is 0.192 e. The molecule has 0 aliphatic carbocycles. The first-order valence-electron chi connectivity index (χ1n) is 7.65. The number of benzene rings is 2. The average molecular weight is 292 g/mol. The van der Waals surface area contributed by atoms with Crippen LogP contribution < -0.4 is 5.32 Å². The third-order valence-corrected chi connectivity index (χ3v) is 4.23. The fourth-order valence-corrected chi connectivity index (χ4v) is 2.94. The highest BCUT2D eigenvalue weighted by Gasteiger charge is 2.46. The van der Waals surface area contributed by atoms with Crippen molar-refractivity contribution in [1.29, 1.82) is 0 Å². The molecule has 1 N–H and O–H groups in total. The van der Waals surface area contributed by atoms with Crippen molar-refractivity contribution >= 4 is 17.2 Å². The molecule has 3 heteroatoms. The number of Topliss-reactive ketones (excluding diaryl/α,β-unsaturated/α-hetero) is 1. The van der Waals surface area contributed by atoms with E-state index < -0.39 is 5.54 Å². The zero-order valence-corrected chi connectivity index (χ0v) is 12.9. The molecular formula is C19H20N2O. The Morgan fingerprint density at radius 2 is 1.64 bits per heavy atom. The van der Waals surface area contributed by atoms with Crippen molar-refractivity contribution in [3.05, 3.63) is 66.2 Å². The van der Waals surface area contributed by atoms with Crippen molar-refractivity contribution in [3.63, 3.8) is 0 Å². The van der Waals surface area contributed by atoms with Crippen LogP contribution >= 0.6 is 0 Å². The highest BCUT2D eigenvalue weighted by molar-refractivity contribution is 6.19. The van der Waals surface area contributed by atoms with Gasteiger partial charge in [0, 0.05) is 11.4 Å². The summed E-state index contributed by atoms with van der Waals surface area (Å²) in [6.45, 7) is 3.95. The highest BCUT2D eigenvalue weighted by Crippen LogP contribution is 2.34. The molecular weight excluding hydrogens is 272 g/mol. The summed E-state index contributed by atoms with van der Waals surface area (Å²) >= 11 is 0. The number of rotatable bonds is 4. The maximum absolute atomic E-state index is 13.0. The quantitative estimate of drug-likeness (QED) is 0.931. The summed E-state index contributed by atoms with van der Waals surface area (Å²) in [7, 11) is 0.